The molecule has 0 saturated carbocycles. The van der Waals surface area contributed by atoms with E-state index in [2.05, 4.69) is 16.0 Å². The quantitative estimate of drug-likeness (QED) is 0.0318. The Balaban J connectivity index is 1.54. The Morgan fingerprint density at radius 2 is 0.897 bits per heavy atom. The second kappa shape index (κ2) is 30.3. The lowest BCUT2D eigenvalue weighted by molar-refractivity contribution is -0.324. The van der Waals surface area contributed by atoms with Gasteiger partial charge in [-0.2, -0.15) is 0 Å². The Morgan fingerprint density at radius 1 is 0.513 bits per heavy atom. The Bertz CT molecular complexity index is 1850. The molecule has 4 aliphatic heterocycles. The molecule has 4 aliphatic rings. The van der Waals surface area contributed by atoms with Crippen LogP contribution in [0.1, 0.15) is 19.3 Å². The van der Waals surface area contributed by atoms with Gasteiger partial charge >= 0.3 is 23.9 Å². The van der Waals surface area contributed by atoms with Crippen LogP contribution < -0.4 is 16.0 Å². The molecule has 0 radical (unpaired) electrons. The lowest BCUT2D eigenvalue weighted by Crippen LogP contribution is -2.65. The van der Waals surface area contributed by atoms with Gasteiger partial charge in [-0.3, -0.25) is 48.3 Å². The summed E-state index contributed by atoms with van der Waals surface area (Å²) in [6.45, 7) is -10.6. The van der Waals surface area contributed by atoms with Crippen LogP contribution in [0.2, 0.25) is 0 Å². The molecule has 0 aromatic heterocycles. The van der Waals surface area contributed by atoms with Gasteiger partial charge in [0.25, 0.3) is 0 Å². The number of aliphatic carboxylic acids is 4. The number of carbonyl (C=O) groups is 7. The first-order chi connectivity index (χ1) is 36.7. The first kappa shape index (κ1) is 66.0. The molecular formula is C43H72N6O29. The van der Waals surface area contributed by atoms with E-state index in [0.717, 1.165) is 4.90 Å². The minimum absolute atomic E-state index is 0.0253. The molecule has 3 amide bonds. The van der Waals surface area contributed by atoms with E-state index >= 15 is 0 Å². The zero-order valence-electron chi connectivity index (χ0n) is 41.9. The first-order valence-electron chi connectivity index (χ1n) is 24.4. The fourth-order valence-electron chi connectivity index (χ4n) is 9.13. The van der Waals surface area contributed by atoms with Crippen molar-refractivity contribution in [3.8, 4) is 0 Å². The van der Waals surface area contributed by atoms with E-state index in [1.165, 1.54) is 9.80 Å². The van der Waals surface area contributed by atoms with Crippen molar-refractivity contribution in [1.82, 2.24) is 30.7 Å². The Labute approximate surface area is 442 Å². The van der Waals surface area contributed by atoms with Gasteiger partial charge in [0.15, 0.2) is 18.9 Å². The van der Waals surface area contributed by atoms with Gasteiger partial charge in [0, 0.05) is 51.1 Å². The Hall–Kier alpha value is -4.55. The van der Waals surface area contributed by atoms with E-state index in [9.17, 15) is 115 Å². The van der Waals surface area contributed by atoms with E-state index in [1.807, 2.05) is 0 Å². The van der Waals surface area contributed by atoms with Crippen LogP contribution in [0.15, 0.2) is 0 Å². The molecule has 4 saturated heterocycles. The number of carboxylic acid groups (broad SMARTS) is 4. The third-order valence-corrected chi connectivity index (χ3v) is 13.3. The fraction of sp³-hybridized carbons (Fsp3) is 0.837. The molecule has 4 heterocycles. The molecule has 0 aliphatic carbocycles. The molecule has 0 bridgehead atoms. The summed E-state index contributed by atoms with van der Waals surface area (Å²) in [5, 5.41) is 170. The van der Waals surface area contributed by atoms with Crippen molar-refractivity contribution in [3.05, 3.63) is 0 Å². The third-order valence-electron chi connectivity index (χ3n) is 13.3. The third kappa shape index (κ3) is 18.5. The number of ether oxygens (including phenoxy) is 6. The zero-order valence-corrected chi connectivity index (χ0v) is 41.9. The van der Waals surface area contributed by atoms with Gasteiger partial charge in [0.2, 0.25) is 17.7 Å². The maximum absolute atomic E-state index is 13.9. The SMILES string of the molecule is O=C(O)CN1CCN(CC(=O)O)CC(CCC(=O)NCC(=O)NCCC(=O)NC(COC2OC(CO)C(O)C(O)C2O)(COC2OC(CO)C(O)C(O)C2O)COC2OC(CO)C(O)C(O)C2O)(N(CC(=O)O)CC(=O)O)C1. The zero-order chi connectivity index (χ0) is 58.2. The topological polar surface area (TPSA) is 544 Å². The van der Waals surface area contributed by atoms with E-state index in [-0.39, 0.29) is 32.6 Å². The Kier molecular flexibility index (Phi) is 25.6. The summed E-state index contributed by atoms with van der Waals surface area (Å²) in [5.74, 6) is -8.37. The van der Waals surface area contributed by atoms with Gasteiger partial charge in [0.05, 0.1) is 72.4 Å². The summed E-state index contributed by atoms with van der Waals surface area (Å²) in [6.07, 6.45) is -29.6. The van der Waals surface area contributed by atoms with E-state index in [4.69, 9.17) is 28.4 Å². The number of hydrogen-bond acceptors (Lipinski definition) is 28. The fourth-order valence-corrected chi connectivity index (χ4v) is 9.13. The molecule has 15 atom stereocenters. The second-order valence-electron chi connectivity index (χ2n) is 19.3. The van der Waals surface area contributed by atoms with Gasteiger partial charge in [-0.05, 0) is 6.42 Å². The smallest absolute Gasteiger partial charge is 0.317 e. The molecule has 448 valence electrons. The van der Waals surface area contributed by atoms with Gasteiger partial charge < -0.3 is 126 Å². The van der Waals surface area contributed by atoms with Crippen molar-refractivity contribution in [2.24, 2.45) is 0 Å². The molecule has 35 heteroatoms. The predicted molar refractivity (Wildman–Crippen MR) is 248 cm³/mol. The number of carbonyl (C=O) groups excluding carboxylic acids is 3. The van der Waals surface area contributed by atoms with Crippen LogP contribution >= 0.6 is 0 Å². The summed E-state index contributed by atoms with van der Waals surface area (Å²) in [4.78, 5) is 91.4. The first-order valence-corrected chi connectivity index (χ1v) is 24.4. The van der Waals surface area contributed by atoms with Crippen molar-refractivity contribution in [2.75, 3.05) is 105 Å². The number of amides is 3. The molecule has 15 unspecified atom stereocenters. The van der Waals surface area contributed by atoms with Crippen molar-refractivity contribution in [2.45, 2.75) is 122 Å². The lowest BCUT2D eigenvalue weighted by atomic mass is 9.89. The van der Waals surface area contributed by atoms with Crippen molar-refractivity contribution in [1.29, 1.82) is 0 Å². The molecular weight excluding hydrogens is 1060 g/mol. The van der Waals surface area contributed by atoms with Crippen LogP contribution in [-0.4, -0.2) is 346 Å². The molecule has 0 aromatic carbocycles. The van der Waals surface area contributed by atoms with Gasteiger partial charge in [-0.1, -0.05) is 0 Å². The summed E-state index contributed by atoms with van der Waals surface area (Å²) < 4.78 is 33.5. The number of nitrogens with zero attached hydrogens (tertiary/aromatic N) is 3. The van der Waals surface area contributed by atoms with Crippen LogP contribution in [0.4, 0.5) is 0 Å². The van der Waals surface area contributed by atoms with E-state index in [1.54, 1.807) is 0 Å². The normalized spacial score (nSPS) is 32.6. The second-order valence-corrected chi connectivity index (χ2v) is 19.3. The maximum Gasteiger partial charge on any atom is 0.317 e. The van der Waals surface area contributed by atoms with Crippen LogP contribution in [-0.2, 0) is 62.0 Å². The van der Waals surface area contributed by atoms with E-state index < -0.39 is 237 Å². The lowest BCUT2D eigenvalue weighted by Gasteiger charge is -2.45. The molecule has 0 spiro atoms. The minimum Gasteiger partial charge on any atom is -0.480 e. The van der Waals surface area contributed by atoms with Crippen molar-refractivity contribution >= 4 is 41.6 Å². The number of aliphatic hydroxyl groups excluding tert-OH is 12. The number of nitrogens with one attached hydrogen (secondary N) is 3. The molecule has 19 N–H and O–H groups in total. The maximum atomic E-state index is 13.9. The average molecular weight is 1140 g/mol. The highest BCUT2D eigenvalue weighted by atomic mass is 16.7. The van der Waals surface area contributed by atoms with Crippen LogP contribution in [0.25, 0.3) is 0 Å². The van der Waals surface area contributed by atoms with Gasteiger partial charge in [0.1, 0.15) is 78.8 Å². The van der Waals surface area contributed by atoms with Gasteiger partial charge in [-0.25, -0.2) is 0 Å². The van der Waals surface area contributed by atoms with Gasteiger partial charge in [-0.15, -0.1) is 0 Å². The minimum atomic E-state index is -2.26. The summed E-state index contributed by atoms with van der Waals surface area (Å²) in [5.41, 5.74) is -3.92. The van der Waals surface area contributed by atoms with Crippen molar-refractivity contribution in [3.63, 3.8) is 0 Å². The summed E-state index contributed by atoms with van der Waals surface area (Å²) in [6, 6.07) is 0. The highest BCUT2D eigenvalue weighted by molar-refractivity contribution is 5.85. The summed E-state index contributed by atoms with van der Waals surface area (Å²) in [7, 11) is 0. The molecule has 4 fully saturated rings. The molecule has 4 rings (SSSR count). The predicted octanol–water partition coefficient (Wildman–Crippen LogP) is -12.3. The van der Waals surface area contributed by atoms with E-state index in [0.29, 0.717) is 0 Å². The van der Waals surface area contributed by atoms with Crippen LogP contribution in [0.3, 0.4) is 0 Å². The van der Waals surface area contributed by atoms with Crippen LogP contribution in [0.5, 0.6) is 0 Å². The molecule has 0 aromatic rings. The summed E-state index contributed by atoms with van der Waals surface area (Å²) >= 11 is 0. The number of carboxylic acids is 4. The molecule has 35 nitrogen and oxygen atoms in total. The largest absolute Gasteiger partial charge is 0.480 e. The molecule has 78 heavy (non-hydrogen) atoms. The monoisotopic (exact) mass is 1140 g/mol. The highest BCUT2D eigenvalue weighted by Gasteiger charge is 2.50. The number of rotatable bonds is 30. The highest BCUT2D eigenvalue weighted by Crippen LogP contribution is 2.30. The van der Waals surface area contributed by atoms with Crippen molar-refractivity contribution < 1.29 is 144 Å². The van der Waals surface area contributed by atoms with Crippen LogP contribution in [0, 0.1) is 0 Å². The Morgan fingerprint density at radius 3 is 1.24 bits per heavy atom. The number of aliphatic hydroxyl groups is 12. The average Bonchev–Trinajstić information content (AvgIpc) is 3.61. The standard InChI is InChI=1S/C43H72N6O29/c50-12-20-30(64)33(67)36(70)39(76-20)73-17-42(18-74-40-37(71)34(68)31(65)21(13-51)77-40,19-75-41-38(72)35(69)32(66)22(14-52)78-41)46-24(54)2-4-44-25(55)7-45-23(53)1-3-43(49(10-28(60)61)11-29(62)63)15-47(8-26(56)57)5-6-48(16-43)9-27(58)59/h20-22,30-41,50-52,64-72H,1-19H2,(H,44,55)(H,45,53)(H,46,54)(H,56,57)(H,58,59)(H,60,61)(H,62,63). The number of hydrogen-bond donors (Lipinski definition) is 19.